The first-order chi connectivity index (χ1) is 7.44. The molecule has 0 aliphatic rings. The maximum Gasteiger partial charge on any atom is 0.124 e. The monoisotopic (exact) mass is 223 g/mol. The van der Waals surface area contributed by atoms with Crippen LogP contribution in [0.15, 0.2) is 24.3 Å². The molecule has 0 fully saturated rings. The molecule has 0 saturated carbocycles. The summed E-state index contributed by atoms with van der Waals surface area (Å²) in [5.74, 6) is 0.825. The second kappa shape index (κ2) is 5.32. The van der Waals surface area contributed by atoms with Crippen LogP contribution in [-0.2, 0) is 0 Å². The lowest BCUT2D eigenvalue weighted by Gasteiger charge is -2.21. The zero-order valence-electron chi connectivity index (χ0n) is 10.4. The highest BCUT2D eigenvalue weighted by Gasteiger charge is 2.15. The van der Waals surface area contributed by atoms with Crippen molar-refractivity contribution in [2.75, 3.05) is 13.7 Å². The van der Waals surface area contributed by atoms with E-state index in [0.717, 1.165) is 11.3 Å². The number of nitrogens with one attached hydrogen (secondary N) is 1. The average molecular weight is 223 g/mol. The number of hydrogen-bond acceptors (Lipinski definition) is 3. The van der Waals surface area contributed by atoms with Gasteiger partial charge in [0.25, 0.3) is 0 Å². The lowest BCUT2D eigenvalue weighted by Crippen LogP contribution is -2.28. The highest BCUT2D eigenvalue weighted by atomic mass is 16.5. The molecule has 90 valence electrons. The molecule has 3 heteroatoms. The van der Waals surface area contributed by atoms with Crippen molar-refractivity contribution in [2.24, 2.45) is 0 Å². The van der Waals surface area contributed by atoms with Gasteiger partial charge in [-0.25, -0.2) is 0 Å². The summed E-state index contributed by atoms with van der Waals surface area (Å²) >= 11 is 0. The van der Waals surface area contributed by atoms with Crippen molar-refractivity contribution < 1.29 is 9.84 Å². The molecular formula is C13H21NO2. The van der Waals surface area contributed by atoms with Gasteiger partial charge in [0, 0.05) is 11.6 Å². The van der Waals surface area contributed by atoms with E-state index in [2.05, 4.69) is 12.2 Å². The van der Waals surface area contributed by atoms with E-state index in [9.17, 15) is 5.11 Å². The number of rotatable bonds is 5. The lowest BCUT2D eigenvalue weighted by molar-refractivity contribution is 0.0280. The van der Waals surface area contributed by atoms with Gasteiger partial charge in [0.15, 0.2) is 0 Å². The van der Waals surface area contributed by atoms with Crippen molar-refractivity contribution in [3.05, 3.63) is 29.8 Å². The molecule has 1 aromatic carbocycles. The molecule has 1 rings (SSSR count). The Balaban J connectivity index is 2.79. The zero-order valence-corrected chi connectivity index (χ0v) is 10.4. The van der Waals surface area contributed by atoms with Gasteiger partial charge in [-0.3, -0.25) is 0 Å². The van der Waals surface area contributed by atoms with Crippen molar-refractivity contribution in [1.29, 1.82) is 0 Å². The smallest absolute Gasteiger partial charge is 0.124 e. The number of para-hydroxylation sites is 1. The predicted molar refractivity (Wildman–Crippen MR) is 65.7 cm³/mol. The number of ether oxygens (including phenoxy) is 1. The molecule has 3 nitrogen and oxygen atoms in total. The van der Waals surface area contributed by atoms with Crippen LogP contribution in [0.4, 0.5) is 0 Å². The van der Waals surface area contributed by atoms with Crippen LogP contribution in [0.5, 0.6) is 5.75 Å². The van der Waals surface area contributed by atoms with Crippen LogP contribution >= 0.6 is 0 Å². The van der Waals surface area contributed by atoms with E-state index in [0.29, 0.717) is 6.61 Å². The molecular weight excluding hydrogens is 202 g/mol. The first kappa shape index (κ1) is 13.0. The molecule has 0 amide bonds. The van der Waals surface area contributed by atoms with E-state index in [1.165, 1.54) is 0 Å². The second-order valence-electron chi connectivity index (χ2n) is 4.65. The minimum atomic E-state index is -0.810. The number of benzene rings is 1. The second-order valence-corrected chi connectivity index (χ2v) is 4.65. The fourth-order valence-corrected chi connectivity index (χ4v) is 1.38. The first-order valence-corrected chi connectivity index (χ1v) is 5.55. The third kappa shape index (κ3) is 3.83. The Morgan fingerprint density at radius 3 is 2.56 bits per heavy atom. The fourth-order valence-electron chi connectivity index (χ4n) is 1.38. The van der Waals surface area contributed by atoms with Crippen LogP contribution < -0.4 is 10.1 Å². The van der Waals surface area contributed by atoms with Crippen LogP contribution in [0.1, 0.15) is 32.4 Å². The number of hydrogen-bond donors (Lipinski definition) is 2. The summed E-state index contributed by atoms with van der Waals surface area (Å²) in [6.45, 7) is 5.83. The molecule has 2 N–H and O–H groups in total. The van der Waals surface area contributed by atoms with Gasteiger partial charge >= 0.3 is 0 Å². The van der Waals surface area contributed by atoms with E-state index in [-0.39, 0.29) is 6.04 Å². The van der Waals surface area contributed by atoms with E-state index < -0.39 is 5.60 Å². The van der Waals surface area contributed by atoms with Crippen LogP contribution in [0.3, 0.4) is 0 Å². The van der Waals surface area contributed by atoms with Gasteiger partial charge in [0.1, 0.15) is 12.4 Å². The molecule has 0 heterocycles. The quantitative estimate of drug-likeness (QED) is 0.803. The van der Waals surface area contributed by atoms with E-state index in [1.54, 1.807) is 13.8 Å². The van der Waals surface area contributed by atoms with Crippen molar-refractivity contribution in [3.8, 4) is 5.75 Å². The molecule has 0 aliphatic heterocycles. The van der Waals surface area contributed by atoms with Crippen molar-refractivity contribution in [3.63, 3.8) is 0 Å². The summed E-state index contributed by atoms with van der Waals surface area (Å²) in [6.07, 6.45) is 0. The Labute approximate surface area is 97.4 Å². The summed E-state index contributed by atoms with van der Waals surface area (Å²) in [6, 6.07) is 8.11. The minimum Gasteiger partial charge on any atom is -0.490 e. The SMILES string of the molecule is CNC(C)c1ccccc1OCC(C)(C)O. The highest BCUT2D eigenvalue weighted by Crippen LogP contribution is 2.25. The predicted octanol–water partition coefficient (Wildman–Crippen LogP) is 2.12. The third-order valence-electron chi connectivity index (χ3n) is 2.40. The van der Waals surface area contributed by atoms with Crippen LogP contribution in [0, 0.1) is 0 Å². The molecule has 0 radical (unpaired) electrons. The molecule has 1 atom stereocenters. The maximum atomic E-state index is 9.63. The third-order valence-corrected chi connectivity index (χ3v) is 2.40. The Kier molecular flexibility index (Phi) is 4.33. The average Bonchev–Trinajstić information content (AvgIpc) is 2.25. The Hall–Kier alpha value is -1.06. The first-order valence-electron chi connectivity index (χ1n) is 5.55. The van der Waals surface area contributed by atoms with Gasteiger partial charge in [-0.1, -0.05) is 18.2 Å². The Morgan fingerprint density at radius 2 is 2.00 bits per heavy atom. The van der Waals surface area contributed by atoms with Gasteiger partial charge in [0.05, 0.1) is 5.60 Å². The van der Waals surface area contributed by atoms with Crippen molar-refractivity contribution >= 4 is 0 Å². The van der Waals surface area contributed by atoms with Crippen LogP contribution in [0.25, 0.3) is 0 Å². The summed E-state index contributed by atoms with van der Waals surface area (Å²) in [7, 11) is 1.91. The van der Waals surface area contributed by atoms with E-state index in [4.69, 9.17) is 4.74 Å². The van der Waals surface area contributed by atoms with Crippen molar-refractivity contribution in [1.82, 2.24) is 5.32 Å². The van der Waals surface area contributed by atoms with Gasteiger partial charge < -0.3 is 15.2 Å². The molecule has 1 aromatic rings. The molecule has 1 unspecified atom stereocenters. The Bertz CT molecular complexity index is 331. The van der Waals surface area contributed by atoms with Gasteiger partial charge in [-0.15, -0.1) is 0 Å². The molecule has 0 spiro atoms. The summed E-state index contributed by atoms with van der Waals surface area (Å²) in [5.41, 5.74) is 0.296. The largest absolute Gasteiger partial charge is 0.490 e. The Morgan fingerprint density at radius 1 is 1.38 bits per heavy atom. The molecule has 0 aliphatic carbocycles. The van der Waals surface area contributed by atoms with Gasteiger partial charge in [0.2, 0.25) is 0 Å². The zero-order chi connectivity index (χ0) is 12.2. The normalized spacial score (nSPS) is 13.6. The van der Waals surface area contributed by atoms with E-state index in [1.807, 2.05) is 31.3 Å². The van der Waals surface area contributed by atoms with Crippen LogP contribution in [0.2, 0.25) is 0 Å². The van der Waals surface area contributed by atoms with Gasteiger partial charge in [-0.05, 0) is 33.9 Å². The molecule has 16 heavy (non-hydrogen) atoms. The van der Waals surface area contributed by atoms with Crippen LogP contribution in [-0.4, -0.2) is 24.4 Å². The van der Waals surface area contributed by atoms with Gasteiger partial charge in [-0.2, -0.15) is 0 Å². The summed E-state index contributed by atoms with van der Waals surface area (Å²) in [4.78, 5) is 0. The standard InChI is InChI=1S/C13H21NO2/c1-10(14-4)11-7-5-6-8-12(11)16-9-13(2,3)15/h5-8,10,14-15H,9H2,1-4H3. The maximum absolute atomic E-state index is 9.63. The minimum absolute atomic E-state index is 0.234. The van der Waals surface area contributed by atoms with Crippen molar-refractivity contribution in [2.45, 2.75) is 32.4 Å². The fraction of sp³-hybridized carbons (Fsp3) is 0.538. The molecule has 0 aromatic heterocycles. The highest BCUT2D eigenvalue weighted by molar-refractivity contribution is 5.35. The van der Waals surface area contributed by atoms with E-state index >= 15 is 0 Å². The lowest BCUT2D eigenvalue weighted by atomic mass is 10.1. The topological polar surface area (TPSA) is 41.5 Å². The summed E-state index contributed by atoms with van der Waals surface area (Å²) < 4.78 is 5.63. The summed E-state index contributed by atoms with van der Waals surface area (Å²) in [5, 5.41) is 12.8. The molecule has 0 saturated heterocycles. The molecule has 0 bridgehead atoms. The number of aliphatic hydroxyl groups is 1.